The van der Waals surface area contributed by atoms with Crippen molar-refractivity contribution in [3.63, 3.8) is 0 Å². The van der Waals surface area contributed by atoms with E-state index in [0.717, 1.165) is 22.3 Å². The first-order valence-corrected chi connectivity index (χ1v) is 34.5. The molecule has 8 unspecified atom stereocenters. The van der Waals surface area contributed by atoms with Crippen molar-refractivity contribution in [2.24, 2.45) is 0 Å². The monoisotopic (exact) mass is 1290 g/mol. The zero-order valence-electron chi connectivity index (χ0n) is 56.5. The molecule has 8 aromatic carbocycles. The number of aromatic nitrogens is 8. The van der Waals surface area contributed by atoms with Gasteiger partial charge in [-0.1, -0.05) is 97.1 Å². The van der Waals surface area contributed by atoms with Gasteiger partial charge >= 0.3 is 0 Å². The Labute approximate surface area is 628 Å². The summed E-state index contributed by atoms with van der Waals surface area (Å²) in [4.78, 5) is 39.8. The number of ether oxygens (including phenoxy) is 4. The van der Waals surface area contributed by atoms with Gasteiger partial charge in [-0.05, 0) is 121 Å². The van der Waals surface area contributed by atoms with Gasteiger partial charge in [-0.25, -0.2) is 29.9 Å². The molecule has 8 bridgehead atoms. The summed E-state index contributed by atoms with van der Waals surface area (Å²) in [5.41, 5.74) is 7.86. The number of nitrogens with one attached hydrogen (secondary N) is 2. The van der Waals surface area contributed by atoms with Gasteiger partial charge in [0.05, 0.1) is 77.0 Å². The molecule has 0 saturated carbocycles. The van der Waals surface area contributed by atoms with E-state index >= 15 is 0 Å². The molecule has 36 heteroatoms. The highest BCUT2D eigenvalue weighted by atomic mass is 16.5. The van der Waals surface area contributed by atoms with Crippen molar-refractivity contribution < 1.29 is 18.9 Å². The van der Waals surface area contributed by atoms with Crippen LogP contribution in [0.4, 0.5) is 0 Å². The molecule has 9 heterocycles. The smallest absolute Gasteiger partial charge is 0.168 e. The van der Waals surface area contributed by atoms with Crippen LogP contribution in [0.2, 0.25) is 43.7 Å². The Morgan fingerprint density at radius 2 is 0.587 bits per heavy atom. The fraction of sp³-hybridized carbons (Fsp3) is 0.176. The molecule has 0 aliphatic carbocycles. The molecule has 3 aromatic heterocycles. The largest absolute Gasteiger partial charge is 0.457 e. The van der Waals surface area contributed by atoms with Crippen LogP contribution in [0, 0.1) is 0 Å². The Morgan fingerprint density at radius 1 is 0.317 bits per heavy atom. The van der Waals surface area contributed by atoms with Crippen molar-refractivity contribution in [3.05, 3.63) is 192 Å². The lowest BCUT2D eigenvalue weighted by atomic mass is 8.78. The van der Waals surface area contributed by atoms with Gasteiger partial charge in [-0.3, -0.25) is 0 Å². The van der Waals surface area contributed by atoms with Crippen LogP contribution in [0.25, 0.3) is 89.7 Å². The number of H-pyrrole nitrogens is 2. The van der Waals surface area contributed by atoms with Crippen LogP contribution >= 0.6 is 0 Å². The molecule has 0 amide bonds. The molecular formula is C68H42B24N8O4. The summed E-state index contributed by atoms with van der Waals surface area (Å²) in [6.45, 7) is -0.728. The Balaban J connectivity index is 0.840. The van der Waals surface area contributed by atoms with E-state index in [0.29, 0.717) is 150 Å². The first-order valence-electron chi connectivity index (χ1n) is 34.5. The second-order valence-electron chi connectivity index (χ2n) is 28.1. The van der Waals surface area contributed by atoms with E-state index in [2.05, 4.69) is 9.97 Å². The van der Waals surface area contributed by atoms with Crippen LogP contribution < -0.4 is 18.9 Å². The maximum absolute atomic E-state index is 6.91. The highest BCUT2D eigenvalue weighted by Gasteiger charge is 2.61. The van der Waals surface area contributed by atoms with Crippen molar-refractivity contribution in [2.45, 2.75) is 69.4 Å². The van der Waals surface area contributed by atoms with Gasteiger partial charge in [0.2, 0.25) is 0 Å². The van der Waals surface area contributed by atoms with Crippen LogP contribution in [0.5, 0.6) is 46.0 Å². The average molecular weight is 1290 g/mol. The second-order valence-corrected chi connectivity index (χ2v) is 28.1. The Kier molecular flexibility index (Phi) is 17.9. The second kappa shape index (κ2) is 27.0. The molecule has 8 atom stereocenters. The molecule has 17 rings (SSSR count). The lowest BCUT2D eigenvalue weighted by Gasteiger charge is -2.18. The van der Waals surface area contributed by atoms with Crippen molar-refractivity contribution in [2.75, 3.05) is 0 Å². The normalized spacial score (nSPS) is 22.2. The maximum Gasteiger partial charge on any atom is 0.168 e. The van der Waals surface area contributed by atoms with E-state index in [-0.39, 0.29) is 60.9 Å². The Morgan fingerprint density at radius 3 is 0.865 bits per heavy atom. The molecule has 2 N–H and O–H groups in total. The zero-order chi connectivity index (χ0) is 71.6. The molecule has 6 aliphatic heterocycles. The SMILES string of the molecule is [B][10B]C1[10B]([B])C1([10B][B])Cc1ccc(Oc2cccc3c2-c2nc-3nc3[nH]c(nc4nc(nc5[nH]c(n2)c2cccc(Oc6ccc(CC7([10B][B])[10B]([B])C7[10B][B])cc6)c52)-c2cccc(Oc5ccc(CC6([10B][B])[10B]([B])C6[10B][B])cc5)c2-4)c2cccc(Oc4ccc(CC5([10B][B])[10B]([B])C5[10B][B])cc4)c32)cc1. The zero-order valence-corrected chi connectivity index (χ0v) is 56.5. The number of hydrogen-bond donors (Lipinski definition) is 2. The van der Waals surface area contributed by atoms with Gasteiger partial charge in [-0.15, -0.1) is 43.7 Å². The van der Waals surface area contributed by atoms with Crippen LogP contribution in [-0.4, -0.2) is 216 Å². The van der Waals surface area contributed by atoms with E-state index in [4.69, 9.17) is 142 Å². The van der Waals surface area contributed by atoms with Crippen molar-refractivity contribution >= 4 is 221 Å². The first kappa shape index (κ1) is 69.0. The van der Waals surface area contributed by atoms with E-state index in [1.807, 2.05) is 170 Å². The lowest BCUT2D eigenvalue weighted by molar-refractivity contribution is 0.484. The first-order chi connectivity index (χ1) is 50.6. The molecule has 0 spiro atoms. The fourth-order valence-corrected chi connectivity index (χ4v) is 16.2. The van der Waals surface area contributed by atoms with Crippen LogP contribution in [0.3, 0.4) is 0 Å². The summed E-state index contributed by atoms with van der Waals surface area (Å²) in [6, 6.07) is 54.3. The Bertz CT molecular complexity index is 5040. The van der Waals surface area contributed by atoms with Gasteiger partial charge in [0.25, 0.3) is 0 Å². The van der Waals surface area contributed by atoms with E-state index in [1.165, 1.54) is 0 Å². The highest BCUT2D eigenvalue weighted by Crippen LogP contribution is 2.64. The summed E-state index contributed by atoms with van der Waals surface area (Å²) in [5.74, 6) is 5.31. The van der Waals surface area contributed by atoms with Crippen molar-refractivity contribution in [3.8, 4) is 91.5 Å². The molecular weight excluding hydrogens is 1240 g/mol. The Hall–Kier alpha value is -8.12. The minimum atomic E-state index is -0.442. The highest BCUT2D eigenvalue weighted by molar-refractivity contribution is 7.30. The van der Waals surface area contributed by atoms with Gasteiger partial charge in [0.15, 0.2) is 23.3 Å². The van der Waals surface area contributed by atoms with Crippen LogP contribution in [0.1, 0.15) is 22.3 Å². The third kappa shape index (κ3) is 11.6. The molecule has 450 valence electrons. The van der Waals surface area contributed by atoms with Crippen LogP contribution in [0.15, 0.2) is 170 Å². The van der Waals surface area contributed by atoms with Gasteiger partial charge in [0.1, 0.15) is 68.6 Å². The van der Waals surface area contributed by atoms with Gasteiger partial charge < -0.3 is 28.9 Å². The van der Waals surface area contributed by atoms with Crippen LogP contribution in [-0.2, 0) is 25.7 Å². The molecule has 11 aromatic rings. The molecule has 12 nitrogen and oxygen atoms in total. The summed E-state index contributed by atoms with van der Waals surface area (Å²) < 4.78 is 27.6. The van der Waals surface area contributed by atoms with E-state index in [9.17, 15) is 0 Å². The fourth-order valence-electron chi connectivity index (χ4n) is 16.2. The third-order valence-electron chi connectivity index (χ3n) is 22.6. The summed E-state index contributed by atoms with van der Waals surface area (Å²) in [6.07, 6.45) is 2.41. The van der Waals surface area contributed by atoms with Gasteiger partial charge in [-0.2, -0.15) is 0 Å². The average Bonchev–Trinajstić information content (AvgIpc) is 1.58. The number of nitrogens with zero attached hydrogens (tertiary/aromatic N) is 6. The minimum Gasteiger partial charge on any atom is -0.457 e. The molecule has 4 fully saturated rings. The summed E-state index contributed by atoms with van der Waals surface area (Å²) in [7, 11) is 88.0. The summed E-state index contributed by atoms with van der Waals surface area (Å²) in [5, 5.41) is 0.733. The predicted molar refractivity (Wildman–Crippen MR) is 441 cm³/mol. The number of benzene rings is 8. The molecule has 4 saturated heterocycles. The standard InChI is InChI=1S/C68H42B24N8O4/c69-81-61-65(85-73,89(61)77)29-33-13-21-37(22-14-33)101-45-9-1-5-41-49(45)57-93-53(41)97-58-50-42(6-2-10-46(50)102-38-23-15-34(16-24-38)30-66(86-74)62(82-70)90(66)78)55(94-58)99-60-52-44(8-4-12-48(52)104-40-27-19-36(20-28-40)32-68(88-76)64(84-72)92(68)80)56(96-60)100-59-51-43(54(95-59)98-57)7-3-11-47(51)103-39-25-17-35(18-26-39)31-67(87-75)63(83-71)91(67)79/h1-28,61-64H,29-32H2,(H2,93,94,95,96,97,98,99,100)/i81-1,82-1,83-1,84-1,85-1,86-1,87-1,88-1,89-1,90-1,91-1,92-1. The van der Waals surface area contributed by atoms with E-state index < -0.39 is 20.9 Å². The predicted octanol–water partition coefficient (Wildman–Crippen LogP) is 7.31. The topological polar surface area (TPSA) is 146 Å². The van der Waals surface area contributed by atoms with Gasteiger partial charge in [0, 0.05) is 143 Å². The van der Waals surface area contributed by atoms with E-state index in [1.54, 1.807) is 57.4 Å². The number of rotatable bonds is 24. The number of fused-ring (bicyclic) bond motifs is 20. The lowest BCUT2D eigenvalue weighted by Crippen LogP contribution is -2.15. The number of aromatic amines is 2. The summed E-state index contributed by atoms with van der Waals surface area (Å²) >= 11 is 0. The maximum atomic E-state index is 6.91. The molecule has 32 radical (unpaired) electrons. The van der Waals surface area contributed by atoms with Crippen molar-refractivity contribution in [1.29, 1.82) is 0 Å². The number of hydrogen-bond acceptors (Lipinski definition) is 10. The molecule has 104 heavy (non-hydrogen) atoms. The third-order valence-corrected chi connectivity index (χ3v) is 22.6. The molecule has 6 aliphatic rings. The van der Waals surface area contributed by atoms with Crippen molar-refractivity contribution in [1.82, 2.24) is 39.9 Å². The quantitative estimate of drug-likeness (QED) is 0.0592. The minimum absolute atomic E-state index is 0.0336.